The van der Waals surface area contributed by atoms with Crippen LogP contribution in [0.15, 0.2) is 41.5 Å². The number of rotatable bonds is 2. The summed E-state index contributed by atoms with van der Waals surface area (Å²) in [4.78, 5) is 19.7. The Morgan fingerprint density at radius 3 is 2.95 bits per heavy atom. The minimum absolute atomic E-state index is 0.0112. The Kier molecular flexibility index (Phi) is 3.32. The fourth-order valence-corrected chi connectivity index (χ4v) is 4.24. The van der Waals surface area contributed by atoms with Crippen molar-refractivity contribution in [2.24, 2.45) is 0 Å². The van der Waals surface area contributed by atoms with Gasteiger partial charge in [0.15, 0.2) is 0 Å². The van der Waals surface area contributed by atoms with E-state index in [-0.39, 0.29) is 11.6 Å². The van der Waals surface area contributed by atoms with Crippen LogP contribution in [0.1, 0.15) is 29.0 Å². The van der Waals surface area contributed by atoms with Gasteiger partial charge >= 0.3 is 0 Å². The van der Waals surface area contributed by atoms with E-state index < -0.39 is 0 Å². The summed E-state index contributed by atoms with van der Waals surface area (Å²) in [6.45, 7) is 3.83. The maximum absolute atomic E-state index is 13.0. The van der Waals surface area contributed by atoms with Crippen LogP contribution in [0.2, 0.25) is 0 Å². The van der Waals surface area contributed by atoms with Crippen LogP contribution < -0.4 is 10.9 Å². The summed E-state index contributed by atoms with van der Waals surface area (Å²) in [5.74, 6) is 0. The van der Waals surface area contributed by atoms with Crippen molar-refractivity contribution in [1.29, 1.82) is 0 Å². The Hall–Kier alpha value is -1.98. The molecular weight excluding hydrogens is 294 g/mol. The molecule has 0 spiro atoms. The lowest BCUT2D eigenvalue weighted by Crippen LogP contribution is -2.26. The van der Waals surface area contributed by atoms with Crippen molar-refractivity contribution in [2.75, 3.05) is 6.54 Å². The second kappa shape index (κ2) is 5.34. The van der Waals surface area contributed by atoms with Gasteiger partial charge in [0.25, 0.3) is 5.56 Å². The first kappa shape index (κ1) is 13.7. The maximum Gasteiger partial charge on any atom is 0.262 e. The molecule has 1 aliphatic rings. The lowest BCUT2D eigenvalue weighted by atomic mass is 10.1. The van der Waals surface area contributed by atoms with E-state index in [1.807, 2.05) is 37.3 Å². The lowest BCUT2D eigenvalue weighted by Gasteiger charge is -2.16. The Bertz CT molecular complexity index is 882. The normalized spacial score (nSPS) is 15.7. The molecule has 0 amide bonds. The Morgan fingerprint density at radius 2 is 2.14 bits per heavy atom. The van der Waals surface area contributed by atoms with Gasteiger partial charge in [-0.15, -0.1) is 11.3 Å². The molecule has 112 valence electrons. The third-order valence-corrected chi connectivity index (χ3v) is 5.50. The van der Waals surface area contributed by atoms with E-state index in [1.54, 1.807) is 22.2 Å². The molecule has 0 fully saturated rings. The summed E-state index contributed by atoms with van der Waals surface area (Å²) in [5, 5.41) is 4.18. The molecule has 0 saturated carbocycles. The average molecular weight is 311 g/mol. The summed E-state index contributed by atoms with van der Waals surface area (Å²) in [7, 11) is 0. The van der Waals surface area contributed by atoms with Crippen LogP contribution in [-0.4, -0.2) is 16.1 Å². The molecule has 22 heavy (non-hydrogen) atoms. The van der Waals surface area contributed by atoms with Gasteiger partial charge in [-0.2, -0.15) is 0 Å². The van der Waals surface area contributed by atoms with E-state index in [4.69, 9.17) is 0 Å². The smallest absolute Gasteiger partial charge is 0.262 e. The number of fused-ring (bicyclic) bond motifs is 3. The number of hydrogen-bond donors (Lipinski definition) is 1. The monoisotopic (exact) mass is 311 g/mol. The fraction of sp³-hybridized carbons (Fsp3) is 0.294. The van der Waals surface area contributed by atoms with Crippen molar-refractivity contribution in [3.63, 3.8) is 0 Å². The van der Waals surface area contributed by atoms with Crippen molar-refractivity contribution in [1.82, 2.24) is 14.9 Å². The predicted octanol–water partition coefficient (Wildman–Crippen LogP) is 2.71. The zero-order valence-electron chi connectivity index (χ0n) is 12.4. The quantitative estimate of drug-likeness (QED) is 0.791. The molecule has 0 bridgehead atoms. The number of nitrogens with one attached hydrogen (secondary N) is 1. The van der Waals surface area contributed by atoms with Gasteiger partial charge in [0.05, 0.1) is 17.8 Å². The summed E-state index contributed by atoms with van der Waals surface area (Å²) in [6.07, 6.45) is 2.60. The highest BCUT2D eigenvalue weighted by molar-refractivity contribution is 7.18. The molecule has 4 rings (SSSR count). The molecule has 2 aromatic heterocycles. The molecule has 0 unspecified atom stereocenters. The van der Waals surface area contributed by atoms with Crippen LogP contribution in [0.3, 0.4) is 0 Å². The van der Waals surface area contributed by atoms with E-state index >= 15 is 0 Å². The highest BCUT2D eigenvalue weighted by atomic mass is 32.1. The molecule has 0 radical (unpaired) electrons. The Balaban J connectivity index is 1.89. The SMILES string of the molecule is C[C@H](c1ccccc1)n1cnc2sc3c(c2c1=O)CCNC3. The predicted molar refractivity (Wildman–Crippen MR) is 89.5 cm³/mol. The molecule has 1 atom stereocenters. The molecule has 4 nitrogen and oxygen atoms in total. The number of thiophene rings is 1. The summed E-state index contributed by atoms with van der Waals surface area (Å²) >= 11 is 1.64. The van der Waals surface area contributed by atoms with Gasteiger partial charge in [-0.05, 0) is 31.0 Å². The summed E-state index contributed by atoms with van der Waals surface area (Å²) in [5.41, 5.74) is 2.41. The topological polar surface area (TPSA) is 46.9 Å². The number of aromatic nitrogens is 2. The first-order chi connectivity index (χ1) is 10.8. The van der Waals surface area contributed by atoms with Gasteiger partial charge in [-0.1, -0.05) is 30.3 Å². The van der Waals surface area contributed by atoms with Crippen molar-refractivity contribution in [2.45, 2.75) is 25.9 Å². The minimum Gasteiger partial charge on any atom is -0.312 e. The minimum atomic E-state index is -0.0112. The standard InChI is InChI=1S/C17H17N3OS/c1-11(12-5-3-2-4-6-12)20-10-19-16-15(17(20)21)13-7-8-18-9-14(13)22-16/h2-6,10-11,18H,7-9H2,1H3/t11-/m1/s1. The maximum atomic E-state index is 13.0. The van der Waals surface area contributed by atoms with Gasteiger partial charge in [0.2, 0.25) is 0 Å². The molecule has 0 saturated heterocycles. The van der Waals surface area contributed by atoms with Crippen LogP contribution in [0.5, 0.6) is 0 Å². The second-order valence-electron chi connectivity index (χ2n) is 5.65. The zero-order chi connectivity index (χ0) is 15.1. The average Bonchev–Trinajstić information content (AvgIpc) is 2.95. The van der Waals surface area contributed by atoms with E-state index in [0.717, 1.165) is 35.3 Å². The Labute approximate surface area is 132 Å². The molecule has 1 N–H and O–H groups in total. The van der Waals surface area contributed by atoms with Crippen LogP contribution >= 0.6 is 11.3 Å². The number of hydrogen-bond acceptors (Lipinski definition) is 4. The van der Waals surface area contributed by atoms with Crippen LogP contribution in [0, 0.1) is 0 Å². The van der Waals surface area contributed by atoms with Gasteiger partial charge in [0, 0.05) is 11.4 Å². The number of benzene rings is 1. The van der Waals surface area contributed by atoms with Gasteiger partial charge in [-0.3, -0.25) is 9.36 Å². The van der Waals surface area contributed by atoms with Crippen LogP contribution in [-0.2, 0) is 13.0 Å². The second-order valence-corrected chi connectivity index (χ2v) is 6.74. The van der Waals surface area contributed by atoms with Crippen LogP contribution in [0.25, 0.3) is 10.2 Å². The van der Waals surface area contributed by atoms with Crippen molar-refractivity contribution < 1.29 is 0 Å². The van der Waals surface area contributed by atoms with Gasteiger partial charge < -0.3 is 5.32 Å². The molecule has 0 aliphatic carbocycles. The van der Waals surface area contributed by atoms with Crippen molar-refractivity contribution in [3.05, 3.63) is 63.0 Å². The lowest BCUT2D eigenvalue weighted by molar-refractivity contribution is 0.608. The zero-order valence-corrected chi connectivity index (χ0v) is 13.2. The first-order valence-corrected chi connectivity index (χ1v) is 8.34. The van der Waals surface area contributed by atoms with Crippen molar-refractivity contribution >= 4 is 21.6 Å². The largest absolute Gasteiger partial charge is 0.312 e. The molecule has 1 aromatic carbocycles. The summed E-state index contributed by atoms with van der Waals surface area (Å²) in [6, 6.07) is 10.1. The van der Waals surface area contributed by atoms with E-state index in [9.17, 15) is 4.79 Å². The molecule has 1 aliphatic heterocycles. The fourth-order valence-electron chi connectivity index (χ4n) is 3.10. The van der Waals surface area contributed by atoms with Crippen molar-refractivity contribution in [3.8, 4) is 0 Å². The third kappa shape index (κ3) is 2.09. The highest BCUT2D eigenvalue weighted by Gasteiger charge is 2.21. The van der Waals surface area contributed by atoms with Gasteiger partial charge in [-0.25, -0.2) is 4.98 Å². The Morgan fingerprint density at radius 1 is 1.32 bits per heavy atom. The molecule has 3 heterocycles. The van der Waals surface area contributed by atoms with E-state index in [0.29, 0.717) is 0 Å². The van der Waals surface area contributed by atoms with Crippen LogP contribution in [0.4, 0.5) is 0 Å². The van der Waals surface area contributed by atoms with E-state index in [2.05, 4.69) is 10.3 Å². The summed E-state index contributed by atoms with van der Waals surface area (Å²) < 4.78 is 1.76. The first-order valence-electron chi connectivity index (χ1n) is 7.53. The molecule has 5 heteroatoms. The third-order valence-electron chi connectivity index (χ3n) is 4.36. The number of nitrogens with zero attached hydrogens (tertiary/aromatic N) is 2. The highest BCUT2D eigenvalue weighted by Crippen LogP contribution is 2.30. The molecular formula is C17H17N3OS. The van der Waals surface area contributed by atoms with Gasteiger partial charge in [0.1, 0.15) is 4.83 Å². The van der Waals surface area contributed by atoms with E-state index in [1.165, 1.54) is 10.4 Å². The molecule has 3 aromatic rings.